The van der Waals surface area contributed by atoms with E-state index in [2.05, 4.69) is 235 Å². The molecule has 1 aromatic heterocycles. The van der Waals surface area contributed by atoms with Crippen molar-refractivity contribution < 1.29 is 4.42 Å². The van der Waals surface area contributed by atoms with E-state index in [-0.39, 0.29) is 0 Å². The zero-order chi connectivity index (χ0) is 40.3. The lowest BCUT2D eigenvalue weighted by molar-refractivity contribution is 0.670. The topological polar surface area (TPSA) is 16.4 Å². The Morgan fingerprint density at radius 1 is 0.344 bits per heavy atom. The number of fused-ring (bicyclic) bond motifs is 7. The average Bonchev–Trinajstić information content (AvgIpc) is 3.87. The Morgan fingerprint density at radius 2 is 0.902 bits per heavy atom. The van der Waals surface area contributed by atoms with Crippen molar-refractivity contribution in [2.75, 3.05) is 4.90 Å². The summed E-state index contributed by atoms with van der Waals surface area (Å²) < 4.78 is 6.62. The predicted molar refractivity (Wildman–Crippen MR) is 254 cm³/mol. The zero-order valence-electron chi connectivity index (χ0n) is 33.4. The molecule has 286 valence electrons. The number of anilines is 3. The van der Waals surface area contributed by atoms with E-state index in [0.717, 1.165) is 55.7 Å². The van der Waals surface area contributed by atoms with Gasteiger partial charge in [-0.1, -0.05) is 200 Å². The molecular weight excluding hydrogens is 739 g/mol. The molecule has 1 heterocycles. The van der Waals surface area contributed by atoms with Gasteiger partial charge in [-0.2, -0.15) is 0 Å². The minimum Gasteiger partial charge on any atom is -0.455 e. The highest BCUT2D eigenvalue weighted by molar-refractivity contribution is 6.11. The molecule has 2 heteroatoms. The first-order chi connectivity index (χ1) is 30.3. The molecule has 0 fully saturated rings. The maximum atomic E-state index is 6.62. The Labute approximate surface area is 355 Å². The van der Waals surface area contributed by atoms with Crippen molar-refractivity contribution in [2.45, 2.75) is 5.41 Å². The molecule has 10 aromatic carbocycles. The van der Waals surface area contributed by atoms with Crippen LogP contribution in [-0.2, 0) is 5.41 Å². The Bertz CT molecular complexity index is 3370. The second-order valence-electron chi connectivity index (χ2n) is 16.0. The van der Waals surface area contributed by atoms with Gasteiger partial charge in [0.05, 0.1) is 16.8 Å². The molecule has 11 aromatic rings. The second-order valence-corrected chi connectivity index (χ2v) is 16.0. The van der Waals surface area contributed by atoms with E-state index in [1.807, 2.05) is 6.07 Å². The van der Waals surface area contributed by atoms with E-state index in [4.69, 9.17) is 4.42 Å². The minimum absolute atomic E-state index is 0.456. The number of nitrogens with zero attached hydrogens (tertiary/aromatic N) is 1. The minimum atomic E-state index is -0.456. The Kier molecular flexibility index (Phi) is 8.11. The number of para-hydroxylation sites is 3. The van der Waals surface area contributed by atoms with Crippen LogP contribution < -0.4 is 4.90 Å². The van der Waals surface area contributed by atoms with Crippen molar-refractivity contribution in [1.29, 1.82) is 0 Å². The van der Waals surface area contributed by atoms with Crippen molar-refractivity contribution in [1.82, 2.24) is 0 Å². The van der Waals surface area contributed by atoms with Gasteiger partial charge >= 0.3 is 0 Å². The molecule has 2 nitrogen and oxygen atoms in total. The van der Waals surface area contributed by atoms with Gasteiger partial charge in [-0.05, 0) is 86.3 Å². The number of benzene rings is 10. The van der Waals surface area contributed by atoms with Gasteiger partial charge in [0.15, 0.2) is 0 Å². The van der Waals surface area contributed by atoms with Crippen LogP contribution in [0.3, 0.4) is 0 Å². The summed E-state index contributed by atoms with van der Waals surface area (Å²) in [6, 6.07) is 86.0. The maximum Gasteiger partial charge on any atom is 0.143 e. The molecule has 0 spiro atoms. The van der Waals surface area contributed by atoms with Crippen LogP contribution in [0.5, 0.6) is 0 Å². The summed E-state index contributed by atoms with van der Waals surface area (Å²) >= 11 is 0. The van der Waals surface area contributed by atoms with Crippen LogP contribution in [0, 0.1) is 0 Å². The van der Waals surface area contributed by atoms with E-state index in [1.165, 1.54) is 49.7 Å². The van der Waals surface area contributed by atoms with Gasteiger partial charge in [0.1, 0.15) is 11.2 Å². The SMILES string of the molecule is c1ccc(C2(c3ccccc3)c3ccccc3-c3ccc(-c4ccc(N(c5ccccc5-c5cccc6c5oc5ccccc56)c5cccc6ccccc56)cc4)cc32)cc1. The molecule has 0 atom stereocenters. The first-order valence-corrected chi connectivity index (χ1v) is 21.0. The normalized spacial score (nSPS) is 12.7. The van der Waals surface area contributed by atoms with Crippen LogP contribution in [0.25, 0.3) is 66.1 Å². The molecule has 0 saturated carbocycles. The number of hydrogen-bond donors (Lipinski definition) is 0. The van der Waals surface area contributed by atoms with Crippen LogP contribution in [-0.4, -0.2) is 0 Å². The molecular formula is C59H39NO. The second kappa shape index (κ2) is 14.1. The maximum absolute atomic E-state index is 6.62. The van der Waals surface area contributed by atoms with Crippen LogP contribution >= 0.6 is 0 Å². The van der Waals surface area contributed by atoms with Gasteiger partial charge in [-0.3, -0.25) is 0 Å². The van der Waals surface area contributed by atoms with Crippen LogP contribution in [0.2, 0.25) is 0 Å². The van der Waals surface area contributed by atoms with Crippen LogP contribution in [0.1, 0.15) is 22.3 Å². The summed E-state index contributed by atoms with van der Waals surface area (Å²) in [6.07, 6.45) is 0. The van der Waals surface area contributed by atoms with Crippen molar-refractivity contribution >= 4 is 49.8 Å². The third kappa shape index (κ3) is 5.43. The Hall–Kier alpha value is -7.94. The average molecular weight is 778 g/mol. The summed E-state index contributed by atoms with van der Waals surface area (Å²) in [6.45, 7) is 0. The van der Waals surface area contributed by atoms with Gasteiger partial charge in [0.2, 0.25) is 0 Å². The molecule has 1 aliphatic carbocycles. The van der Waals surface area contributed by atoms with E-state index >= 15 is 0 Å². The van der Waals surface area contributed by atoms with Crippen molar-refractivity contribution in [3.05, 3.63) is 259 Å². The predicted octanol–water partition coefficient (Wildman–Crippen LogP) is 15.9. The first-order valence-electron chi connectivity index (χ1n) is 21.0. The molecule has 61 heavy (non-hydrogen) atoms. The van der Waals surface area contributed by atoms with Crippen LogP contribution in [0.4, 0.5) is 17.1 Å². The highest BCUT2D eigenvalue weighted by Crippen LogP contribution is 2.57. The van der Waals surface area contributed by atoms with Gasteiger partial charge in [0, 0.05) is 33.0 Å². The first kappa shape index (κ1) is 35.0. The third-order valence-electron chi connectivity index (χ3n) is 12.8. The Balaban J connectivity index is 1.03. The highest BCUT2D eigenvalue weighted by Gasteiger charge is 2.46. The van der Waals surface area contributed by atoms with Crippen LogP contribution in [0.15, 0.2) is 241 Å². The molecule has 0 saturated heterocycles. The summed E-state index contributed by atoms with van der Waals surface area (Å²) in [5.41, 5.74) is 16.8. The fourth-order valence-electron chi connectivity index (χ4n) is 10.1. The van der Waals surface area contributed by atoms with E-state index < -0.39 is 5.41 Å². The zero-order valence-corrected chi connectivity index (χ0v) is 33.4. The van der Waals surface area contributed by atoms with Gasteiger partial charge < -0.3 is 9.32 Å². The molecule has 0 N–H and O–H groups in total. The van der Waals surface area contributed by atoms with Crippen molar-refractivity contribution in [2.24, 2.45) is 0 Å². The van der Waals surface area contributed by atoms with E-state index in [1.54, 1.807) is 0 Å². The number of hydrogen-bond acceptors (Lipinski definition) is 2. The number of rotatable bonds is 7. The lowest BCUT2D eigenvalue weighted by atomic mass is 9.67. The summed E-state index contributed by atoms with van der Waals surface area (Å²) in [5.74, 6) is 0. The molecule has 0 amide bonds. The molecule has 0 unspecified atom stereocenters. The lowest BCUT2D eigenvalue weighted by Crippen LogP contribution is -2.28. The van der Waals surface area contributed by atoms with Gasteiger partial charge in [-0.25, -0.2) is 0 Å². The van der Waals surface area contributed by atoms with E-state index in [9.17, 15) is 0 Å². The lowest BCUT2D eigenvalue weighted by Gasteiger charge is -2.34. The fourth-order valence-corrected chi connectivity index (χ4v) is 10.1. The standard InChI is InChI=1S/C59H39NO/c1-3-19-43(20-4-1)59(44-21-5-2-6-22-44)53-29-12-9-24-47(53)48-38-35-42(39-54(48)59)40-33-36-45(37-34-40)60(55-31-15-18-41-17-7-8-23-46(41)55)56-30-13-10-25-49(56)51-27-16-28-52-50-26-11-14-32-57(50)61-58(51)52/h1-39H. The van der Waals surface area contributed by atoms with Crippen molar-refractivity contribution in [3.63, 3.8) is 0 Å². The molecule has 0 radical (unpaired) electrons. The molecule has 12 rings (SSSR count). The molecule has 1 aliphatic rings. The smallest absolute Gasteiger partial charge is 0.143 e. The van der Waals surface area contributed by atoms with Gasteiger partial charge in [0.25, 0.3) is 0 Å². The summed E-state index contributed by atoms with van der Waals surface area (Å²) in [7, 11) is 0. The fraction of sp³-hybridized carbons (Fsp3) is 0.0169. The third-order valence-corrected chi connectivity index (χ3v) is 12.8. The summed E-state index contributed by atoms with van der Waals surface area (Å²) in [4.78, 5) is 2.41. The largest absolute Gasteiger partial charge is 0.455 e. The number of furan rings is 1. The van der Waals surface area contributed by atoms with E-state index in [0.29, 0.717) is 0 Å². The van der Waals surface area contributed by atoms with Crippen molar-refractivity contribution in [3.8, 4) is 33.4 Å². The Morgan fingerprint density at radius 3 is 1.70 bits per heavy atom. The summed E-state index contributed by atoms with van der Waals surface area (Å²) in [5, 5.41) is 4.61. The van der Waals surface area contributed by atoms with Gasteiger partial charge in [-0.15, -0.1) is 0 Å². The quantitative estimate of drug-likeness (QED) is 0.160. The molecule has 0 aliphatic heterocycles. The monoisotopic (exact) mass is 777 g/mol. The molecule has 0 bridgehead atoms. The highest BCUT2D eigenvalue weighted by atomic mass is 16.3.